The Bertz CT molecular complexity index is 435. The smallest absolute Gasteiger partial charge is 0.269 e. The highest BCUT2D eigenvalue weighted by molar-refractivity contribution is 5.40. The molecule has 1 N–H and O–H groups in total. The molecule has 0 aliphatic heterocycles. The summed E-state index contributed by atoms with van der Waals surface area (Å²) in [5.41, 5.74) is -0.506. The van der Waals surface area contributed by atoms with Gasteiger partial charge in [-0.2, -0.15) is 0 Å². The van der Waals surface area contributed by atoms with Crippen LogP contribution in [-0.2, 0) is 6.42 Å². The van der Waals surface area contributed by atoms with Crippen molar-refractivity contribution in [3.05, 3.63) is 39.4 Å². The van der Waals surface area contributed by atoms with E-state index in [4.69, 9.17) is 0 Å². The van der Waals surface area contributed by atoms with Gasteiger partial charge in [-0.3, -0.25) is 10.1 Å². The van der Waals surface area contributed by atoms with Crippen LogP contribution in [0, 0.1) is 16.0 Å². The lowest BCUT2D eigenvalue weighted by Gasteiger charge is -2.16. The van der Waals surface area contributed by atoms with Crippen molar-refractivity contribution in [1.82, 2.24) is 0 Å². The van der Waals surface area contributed by atoms with Gasteiger partial charge in [0.2, 0.25) is 0 Å². The van der Waals surface area contributed by atoms with Gasteiger partial charge in [0.05, 0.1) is 11.0 Å². The first-order valence-corrected chi connectivity index (χ1v) is 5.56. The third kappa shape index (κ3) is 3.46. The van der Waals surface area contributed by atoms with Crippen LogP contribution in [0.3, 0.4) is 0 Å². The molecule has 0 amide bonds. The molecule has 0 fully saturated rings. The fourth-order valence-corrected chi connectivity index (χ4v) is 1.55. The fourth-order valence-electron chi connectivity index (χ4n) is 1.55. The number of hydrogen-bond donors (Lipinski definition) is 1. The minimum Gasteiger partial charge on any atom is -0.393 e. The maximum Gasteiger partial charge on any atom is 0.269 e. The topological polar surface area (TPSA) is 63.4 Å². The fraction of sp³-hybridized carbons (Fsp3) is 0.500. The number of halogens is 2. The second-order valence-electron chi connectivity index (χ2n) is 4.46. The molecule has 1 atom stereocenters. The number of aliphatic hydroxyl groups is 1. The number of rotatable bonds is 5. The number of nitrogens with zero attached hydrogens (tertiary/aromatic N) is 1. The molecule has 0 aliphatic carbocycles. The normalized spacial score (nSPS) is 13.1. The van der Waals surface area contributed by atoms with Crippen molar-refractivity contribution in [3.63, 3.8) is 0 Å². The van der Waals surface area contributed by atoms with Crippen molar-refractivity contribution in [2.45, 2.75) is 32.8 Å². The van der Waals surface area contributed by atoms with Crippen molar-refractivity contribution >= 4 is 5.69 Å². The van der Waals surface area contributed by atoms with Crippen LogP contribution in [0.5, 0.6) is 0 Å². The Balaban J connectivity index is 3.08. The van der Waals surface area contributed by atoms with Gasteiger partial charge < -0.3 is 5.11 Å². The lowest BCUT2D eigenvalue weighted by Crippen LogP contribution is -2.18. The van der Waals surface area contributed by atoms with E-state index in [-0.39, 0.29) is 29.2 Å². The largest absolute Gasteiger partial charge is 0.393 e. The molecule has 0 spiro atoms. The number of alkyl halides is 2. The Hall–Kier alpha value is -1.56. The summed E-state index contributed by atoms with van der Waals surface area (Å²) in [6.45, 7) is 3.55. The van der Waals surface area contributed by atoms with Crippen molar-refractivity contribution in [1.29, 1.82) is 0 Å². The Morgan fingerprint density at radius 3 is 2.44 bits per heavy atom. The van der Waals surface area contributed by atoms with Gasteiger partial charge in [0.25, 0.3) is 12.1 Å². The standard InChI is InChI=1S/C12H15F2NO3/c1-7(2)11(16)5-8-3-4-9(15(17)18)6-10(8)12(13)14/h3-4,6-7,11-12,16H,5H2,1-2H3. The van der Waals surface area contributed by atoms with Gasteiger partial charge in [0, 0.05) is 17.7 Å². The third-order valence-electron chi connectivity index (χ3n) is 2.77. The van der Waals surface area contributed by atoms with Crippen LogP contribution in [0.2, 0.25) is 0 Å². The Kier molecular flexibility index (Phi) is 4.72. The molecule has 1 unspecified atom stereocenters. The lowest BCUT2D eigenvalue weighted by atomic mass is 9.95. The highest BCUT2D eigenvalue weighted by atomic mass is 19.3. The van der Waals surface area contributed by atoms with E-state index in [0.29, 0.717) is 0 Å². The predicted octanol–water partition coefficient (Wildman–Crippen LogP) is 3.09. The molecule has 0 bridgehead atoms. The second-order valence-corrected chi connectivity index (χ2v) is 4.46. The summed E-state index contributed by atoms with van der Waals surface area (Å²) in [6, 6.07) is 3.33. The average molecular weight is 259 g/mol. The number of aliphatic hydroxyl groups excluding tert-OH is 1. The van der Waals surface area contributed by atoms with Crippen molar-refractivity contribution in [3.8, 4) is 0 Å². The van der Waals surface area contributed by atoms with E-state index in [1.54, 1.807) is 13.8 Å². The number of hydrogen-bond acceptors (Lipinski definition) is 3. The Morgan fingerprint density at radius 1 is 1.39 bits per heavy atom. The number of benzene rings is 1. The zero-order valence-corrected chi connectivity index (χ0v) is 10.1. The van der Waals surface area contributed by atoms with Gasteiger partial charge in [-0.25, -0.2) is 8.78 Å². The molecule has 4 nitrogen and oxygen atoms in total. The first-order chi connectivity index (χ1) is 8.32. The summed E-state index contributed by atoms with van der Waals surface area (Å²) < 4.78 is 25.6. The van der Waals surface area contributed by atoms with Crippen molar-refractivity contribution < 1.29 is 18.8 Å². The minimum absolute atomic E-state index is 0.0642. The van der Waals surface area contributed by atoms with E-state index in [1.807, 2.05) is 0 Å². The molecule has 18 heavy (non-hydrogen) atoms. The molecule has 0 aliphatic rings. The average Bonchev–Trinajstić information content (AvgIpc) is 2.28. The van der Waals surface area contributed by atoms with E-state index < -0.39 is 17.5 Å². The van der Waals surface area contributed by atoms with Gasteiger partial charge >= 0.3 is 0 Å². The van der Waals surface area contributed by atoms with Crippen molar-refractivity contribution in [2.75, 3.05) is 0 Å². The molecule has 1 aromatic rings. The molecular formula is C12H15F2NO3. The first-order valence-electron chi connectivity index (χ1n) is 5.56. The monoisotopic (exact) mass is 259 g/mol. The lowest BCUT2D eigenvalue weighted by molar-refractivity contribution is -0.385. The summed E-state index contributed by atoms with van der Waals surface area (Å²) in [5.74, 6) is -0.0642. The van der Waals surface area contributed by atoms with E-state index >= 15 is 0 Å². The SMILES string of the molecule is CC(C)C(O)Cc1ccc([N+](=O)[O-])cc1C(F)F. The predicted molar refractivity (Wildman–Crippen MR) is 62.6 cm³/mol. The van der Waals surface area contributed by atoms with Crippen LogP contribution in [0.4, 0.5) is 14.5 Å². The van der Waals surface area contributed by atoms with E-state index in [9.17, 15) is 24.0 Å². The van der Waals surface area contributed by atoms with Gasteiger partial charge in [0.15, 0.2) is 0 Å². The maximum atomic E-state index is 12.8. The van der Waals surface area contributed by atoms with E-state index in [2.05, 4.69) is 0 Å². The molecule has 0 aromatic heterocycles. The van der Waals surface area contributed by atoms with Crippen LogP contribution >= 0.6 is 0 Å². The minimum atomic E-state index is -2.79. The summed E-state index contributed by atoms with van der Waals surface area (Å²) in [6.07, 6.45) is -3.47. The van der Waals surface area contributed by atoms with Gasteiger partial charge in [-0.1, -0.05) is 19.9 Å². The van der Waals surface area contributed by atoms with Crippen LogP contribution < -0.4 is 0 Å². The van der Waals surface area contributed by atoms with Crippen molar-refractivity contribution in [2.24, 2.45) is 5.92 Å². The summed E-state index contributed by atoms with van der Waals surface area (Å²) in [7, 11) is 0. The maximum absolute atomic E-state index is 12.8. The number of nitro benzene ring substituents is 1. The number of non-ortho nitro benzene ring substituents is 1. The first kappa shape index (κ1) is 14.5. The Morgan fingerprint density at radius 2 is 2.00 bits per heavy atom. The second kappa shape index (κ2) is 5.86. The molecule has 1 rings (SSSR count). The van der Waals surface area contributed by atoms with Crippen LogP contribution in [0.25, 0.3) is 0 Å². The molecule has 100 valence electrons. The highest BCUT2D eigenvalue weighted by Crippen LogP contribution is 2.28. The van der Waals surface area contributed by atoms with Gasteiger partial charge in [-0.05, 0) is 17.9 Å². The van der Waals surface area contributed by atoms with Crippen LogP contribution in [-0.4, -0.2) is 16.1 Å². The molecule has 0 saturated heterocycles. The van der Waals surface area contributed by atoms with E-state index in [0.717, 1.165) is 6.07 Å². The molecule has 6 heteroatoms. The highest BCUT2D eigenvalue weighted by Gasteiger charge is 2.20. The zero-order valence-electron chi connectivity index (χ0n) is 10.1. The zero-order chi connectivity index (χ0) is 13.9. The molecule has 0 radical (unpaired) electrons. The molecule has 1 aromatic carbocycles. The molecular weight excluding hydrogens is 244 g/mol. The molecule has 0 saturated carbocycles. The van der Waals surface area contributed by atoms with Crippen LogP contribution in [0.1, 0.15) is 31.4 Å². The quantitative estimate of drug-likeness (QED) is 0.652. The third-order valence-corrected chi connectivity index (χ3v) is 2.77. The summed E-state index contributed by atoms with van der Waals surface area (Å²) in [4.78, 5) is 9.82. The summed E-state index contributed by atoms with van der Waals surface area (Å²) in [5, 5.41) is 20.2. The Labute approximate surface area is 103 Å². The molecule has 0 heterocycles. The van der Waals surface area contributed by atoms with Gasteiger partial charge in [0.1, 0.15) is 0 Å². The van der Waals surface area contributed by atoms with Gasteiger partial charge in [-0.15, -0.1) is 0 Å². The summed E-state index contributed by atoms with van der Waals surface area (Å²) >= 11 is 0. The number of nitro groups is 1. The van der Waals surface area contributed by atoms with Crippen LogP contribution in [0.15, 0.2) is 18.2 Å². The van der Waals surface area contributed by atoms with E-state index in [1.165, 1.54) is 12.1 Å².